The van der Waals surface area contributed by atoms with Gasteiger partial charge < -0.3 is 19.2 Å². The smallest absolute Gasteiger partial charge is 0.195 e. The molecule has 1 N–H and O–H groups in total. The Labute approximate surface area is 103 Å². The molecule has 0 bridgehead atoms. The van der Waals surface area contributed by atoms with Gasteiger partial charge in [-0.3, -0.25) is 0 Å². The fourth-order valence-corrected chi connectivity index (χ4v) is 1.31. The molecule has 0 aromatic carbocycles. The maximum absolute atomic E-state index is 5.53. The Bertz CT molecular complexity index is 300. The van der Waals surface area contributed by atoms with Gasteiger partial charge in [0, 0.05) is 26.1 Å². The van der Waals surface area contributed by atoms with Gasteiger partial charge in [0.25, 0.3) is 0 Å². The highest BCUT2D eigenvalue weighted by atomic mass is 16.5. The van der Waals surface area contributed by atoms with Gasteiger partial charge in [0.1, 0.15) is 12.4 Å². The number of ether oxygens (including phenoxy) is 2. The SMILES string of the molecule is COCCOCc1cnc(CCNC(C)C)o1. The molecule has 0 unspecified atom stereocenters. The lowest BCUT2D eigenvalue weighted by atomic mass is 10.3. The second-order valence-corrected chi connectivity index (χ2v) is 4.12. The van der Waals surface area contributed by atoms with Crippen LogP contribution < -0.4 is 5.32 Å². The van der Waals surface area contributed by atoms with E-state index >= 15 is 0 Å². The van der Waals surface area contributed by atoms with Crippen molar-refractivity contribution < 1.29 is 13.9 Å². The number of oxazole rings is 1. The van der Waals surface area contributed by atoms with Crippen LogP contribution in [-0.2, 0) is 22.5 Å². The van der Waals surface area contributed by atoms with Crippen molar-refractivity contribution in [1.82, 2.24) is 10.3 Å². The number of hydrogen-bond acceptors (Lipinski definition) is 5. The minimum atomic E-state index is 0.452. The van der Waals surface area contributed by atoms with Gasteiger partial charge in [-0.05, 0) is 0 Å². The molecular formula is C12H22N2O3. The first-order valence-electron chi connectivity index (χ1n) is 5.96. The lowest BCUT2D eigenvalue weighted by Crippen LogP contribution is -2.24. The molecule has 17 heavy (non-hydrogen) atoms. The average Bonchev–Trinajstić information content (AvgIpc) is 2.72. The summed E-state index contributed by atoms with van der Waals surface area (Å²) < 4.78 is 15.8. The largest absolute Gasteiger partial charge is 0.443 e. The minimum absolute atomic E-state index is 0.452. The van der Waals surface area contributed by atoms with Crippen LogP contribution in [0.15, 0.2) is 10.6 Å². The van der Waals surface area contributed by atoms with Gasteiger partial charge in [-0.15, -0.1) is 0 Å². The molecule has 0 radical (unpaired) electrons. The predicted octanol–water partition coefficient (Wildman–Crippen LogP) is 1.38. The topological polar surface area (TPSA) is 56.5 Å². The van der Waals surface area contributed by atoms with Crippen LogP contribution in [0, 0.1) is 0 Å². The molecular weight excluding hydrogens is 220 g/mol. The van der Waals surface area contributed by atoms with Gasteiger partial charge in [-0.1, -0.05) is 13.8 Å². The highest BCUT2D eigenvalue weighted by Gasteiger charge is 2.04. The lowest BCUT2D eigenvalue weighted by Gasteiger charge is -2.05. The second-order valence-electron chi connectivity index (χ2n) is 4.12. The number of nitrogens with zero attached hydrogens (tertiary/aromatic N) is 1. The van der Waals surface area contributed by atoms with Crippen molar-refractivity contribution in [1.29, 1.82) is 0 Å². The summed E-state index contributed by atoms with van der Waals surface area (Å²) in [5.74, 6) is 1.52. The zero-order chi connectivity index (χ0) is 12.5. The van der Waals surface area contributed by atoms with Gasteiger partial charge in [-0.25, -0.2) is 4.98 Å². The molecule has 0 saturated carbocycles. The monoisotopic (exact) mass is 242 g/mol. The van der Waals surface area contributed by atoms with Gasteiger partial charge in [0.15, 0.2) is 5.89 Å². The maximum Gasteiger partial charge on any atom is 0.195 e. The number of nitrogens with one attached hydrogen (secondary N) is 1. The van der Waals surface area contributed by atoms with Gasteiger partial charge in [0.2, 0.25) is 0 Å². The summed E-state index contributed by atoms with van der Waals surface area (Å²) in [5, 5.41) is 3.32. The highest BCUT2D eigenvalue weighted by Crippen LogP contribution is 2.05. The number of methoxy groups -OCH3 is 1. The normalized spacial score (nSPS) is 11.3. The van der Waals surface area contributed by atoms with Crippen LogP contribution in [0.25, 0.3) is 0 Å². The first kappa shape index (κ1) is 14.2. The predicted molar refractivity (Wildman–Crippen MR) is 64.9 cm³/mol. The first-order chi connectivity index (χ1) is 8.22. The van der Waals surface area contributed by atoms with E-state index in [1.165, 1.54) is 0 Å². The fourth-order valence-electron chi connectivity index (χ4n) is 1.31. The van der Waals surface area contributed by atoms with Crippen molar-refractivity contribution >= 4 is 0 Å². The third kappa shape index (κ3) is 6.41. The van der Waals surface area contributed by atoms with Crippen molar-refractivity contribution in [2.45, 2.75) is 32.9 Å². The number of hydrogen-bond donors (Lipinski definition) is 1. The van der Waals surface area contributed by atoms with Crippen LogP contribution >= 0.6 is 0 Å². The molecule has 0 aliphatic heterocycles. The van der Waals surface area contributed by atoms with E-state index in [0.29, 0.717) is 25.9 Å². The first-order valence-corrected chi connectivity index (χ1v) is 5.96. The second kappa shape index (κ2) is 8.22. The molecule has 1 aromatic heterocycles. The van der Waals surface area contributed by atoms with Crippen LogP contribution in [0.3, 0.4) is 0 Å². The highest BCUT2D eigenvalue weighted by molar-refractivity contribution is 4.93. The third-order valence-electron chi connectivity index (χ3n) is 2.17. The number of aromatic nitrogens is 1. The zero-order valence-electron chi connectivity index (χ0n) is 10.9. The summed E-state index contributed by atoms with van der Waals surface area (Å²) in [7, 11) is 1.65. The Morgan fingerprint density at radius 2 is 2.24 bits per heavy atom. The Hall–Kier alpha value is -0.910. The Morgan fingerprint density at radius 3 is 2.94 bits per heavy atom. The van der Waals surface area contributed by atoms with Crippen LogP contribution in [-0.4, -0.2) is 37.9 Å². The quantitative estimate of drug-likeness (QED) is 0.663. The van der Waals surface area contributed by atoms with E-state index in [2.05, 4.69) is 24.1 Å². The van der Waals surface area contributed by atoms with E-state index in [1.54, 1.807) is 13.3 Å². The van der Waals surface area contributed by atoms with Crippen molar-refractivity contribution in [3.8, 4) is 0 Å². The van der Waals surface area contributed by atoms with Gasteiger partial charge in [-0.2, -0.15) is 0 Å². The molecule has 0 saturated heterocycles. The van der Waals surface area contributed by atoms with Crippen LogP contribution in [0.1, 0.15) is 25.5 Å². The van der Waals surface area contributed by atoms with Crippen LogP contribution in [0.2, 0.25) is 0 Å². The zero-order valence-corrected chi connectivity index (χ0v) is 10.9. The van der Waals surface area contributed by atoms with Gasteiger partial charge in [0.05, 0.1) is 19.4 Å². The van der Waals surface area contributed by atoms with Crippen molar-refractivity contribution in [3.05, 3.63) is 17.8 Å². The maximum atomic E-state index is 5.53. The Balaban J connectivity index is 2.18. The Morgan fingerprint density at radius 1 is 1.41 bits per heavy atom. The van der Waals surface area contributed by atoms with Crippen LogP contribution in [0.4, 0.5) is 0 Å². The van der Waals surface area contributed by atoms with E-state index in [-0.39, 0.29) is 0 Å². The molecule has 0 atom stereocenters. The average molecular weight is 242 g/mol. The minimum Gasteiger partial charge on any atom is -0.443 e. The molecule has 0 spiro atoms. The summed E-state index contributed by atoms with van der Waals surface area (Å²) in [5.41, 5.74) is 0. The van der Waals surface area contributed by atoms with E-state index in [1.807, 2.05) is 0 Å². The Kier molecular flexibility index (Phi) is 6.84. The van der Waals surface area contributed by atoms with Crippen molar-refractivity contribution in [2.24, 2.45) is 0 Å². The summed E-state index contributed by atoms with van der Waals surface area (Å²) in [6.45, 7) is 6.73. The van der Waals surface area contributed by atoms with E-state index in [0.717, 1.165) is 24.6 Å². The fraction of sp³-hybridized carbons (Fsp3) is 0.750. The van der Waals surface area contributed by atoms with Crippen LogP contribution in [0.5, 0.6) is 0 Å². The molecule has 5 nitrogen and oxygen atoms in total. The molecule has 0 aliphatic rings. The van der Waals surface area contributed by atoms with E-state index < -0.39 is 0 Å². The molecule has 5 heteroatoms. The van der Waals surface area contributed by atoms with Gasteiger partial charge >= 0.3 is 0 Å². The number of rotatable bonds is 9. The third-order valence-corrected chi connectivity index (χ3v) is 2.17. The summed E-state index contributed by atoms with van der Waals surface area (Å²) in [6.07, 6.45) is 2.52. The molecule has 0 amide bonds. The van der Waals surface area contributed by atoms with Crippen molar-refractivity contribution in [2.75, 3.05) is 26.9 Å². The van der Waals surface area contributed by atoms with Crippen molar-refractivity contribution in [3.63, 3.8) is 0 Å². The van der Waals surface area contributed by atoms with E-state index in [9.17, 15) is 0 Å². The van der Waals surface area contributed by atoms with E-state index in [4.69, 9.17) is 13.9 Å². The summed E-state index contributed by atoms with van der Waals surface area (Å²) in [4.78, 5) is 4.19. The molecule has 0 aliphatic carbocycles. The molecule has 1 rings (SSSR count). The molecule has 0 fully saturated rings. The molecule has 1 aromatic rings. The lowest BCUT2D eigenvalue weighted by molar-refractivity contribution is 0.0534. The standard InChI is InChI=1S/C12H22N2O3/c1-10(2)13-5-4-12-14-8-11(17-12)9-16-7-6-15-3/h8,10,13H,4-7,9H2,1-3H3. The molecule has 98 valence electrons. The molecule has 1 heterocycles. The summed E-state index contributed by atoms with van der Waals surface area (Å²) in [6, 6.07) is 0.488. The summed E-state index contributed by atoms with van der Waals surface area (Å²) >= 11 is 0.